The van der Waals surface area contributed by atoms with Gasteiger partial charge in [-0.25, -0.2) is 4.98 Å². The van der Waals surface area contributed by atoms with Crippen LogP contribution in [-0.4, -0.2) is 59.4 Å². The van der Waals surface area contributed by atoms with Gasteiger partial charge < -0.3 is 14.7 Å². The Morgan fingerprint density at radius 1 is 1.17 bits per heavy atom. The van der Waals surface area contributed by atoms with Crippen molar-refractivity contribution in [2.24, 2.45) is 0 Å². The van der Waals surface area contributed by atoms with Gasteiger partial charge in [0.2, 0.25) is 0 Å². The molecule has 0 saturated carbocycles. The second kappa shape index (κ2) is 9.43. The molecule has 29 heavy (non-hydrogen) atoms. The number of pyridine rings is 1. The predicted molar refractivity (Wildman–Crippen MR) is 116 cm³/mol. The highest BCUT2D eigenvalue weighted by molar-refractivity contribution is 6.30. The van der Waals surface area contributed by atoms with Gasteiger partial charge in [0.1, 0.15) is 5.82 Å². The molecule has 3 heterocycles. The SMILES string of the molecule is C[C@H]1CN(C2CCN(c3ncccc3CO)CC2)[C@@H](Cc2ccc(Cl)cc2)CO1. The largest absolute Gasteiger partial charge is 0.392 e. The quantitative estimate of drug-likeness (QED) is 0.809. The summed E-state index contributed by atoms with van der Waals surface area (Å²) in [6, 6.07) is 13.0. The molecule has 0 amide bonds. The van der Waals surface area contributed by atoms with Crippen molar-refractivity contribution in [1.29, 1.82) is 0 Å². The van der Waals surface area contributed by atoms with Crippen LogP contribution >= 0.6 is 11.6 Å². The van der Waals surface area contributed by atoms with Crippen LogP contribution in [0.2, 0.25) is 5.02 Å². The van der Waals surface area contributed by atoms with Crippen molar-refractivity contribution in [3.63, 3.8) is 0 Å². The zero-order valence-corrected chi connectivity index (χ0v) is 17.8. The van der Waals surface area contributed by atoms with Gasteiger partial charge in [0.25, 0.3) is 0 Å². The van der Waals surface area contributed by atoms with Gasteiger partial charge in [0.05, 0.1) is 19.3 Å². The standard InChI is InChI=1S/C23H30ClN3O2/c1-17-14-27(22(16-29-17)13-18-4-6-20(24)7-5-18)21-8-11-26(12-9-21)23-19(15-28)3-2-10-25-23/h2-7,10,17,21-22,28H,8-9,11-16H2,1H3/t17-,22-/m0/s1. The molecule has 1 aromatic carbocycles. The van der Waals surface area contributed by atoms with Crippen LogP contribution in [0.4, 0.5) is 5.82 Å². The lowest BCUT2D eigenvalue weighted by atomic mass is 9.96. The summed E-state index contributed by atoms with van der Waals surface area (Å²) in [5.74, 6) is 0.932. The van der Waals surface area contributed by atoms with Gasteiger partial charge in [-0.15, -0.1) is 0 Å². The summed E-state index contributed by atoms with van der Waals surface area (Å²) < 4.78 is 6.01. The first-order valence-corrected chi connectivity index (χ1v) is 10.9. The topological polar surface area (TPSA) is 48.8 Å². The van der Waals surface area contributed by atoms with Crippen LogP contribution < -0.4 is 4.90 Å². The molecule has 0 aliphatic carbocycles. The molecule has 5 nitrogen and oxygen atoms in total. The van der Waals surface area contributed by atoms with E-state index >= 15 is 0 Å². The van der Waals surface area contributed by atoms with Gasteiger partial charge in [-0.05, 0) is 49.9 Å². The Morgan fingerprint density at radius 2 is 1.93 bits per heavy atom. The number of anilines is 1. The highest BCUT2D eigenvalue weighted by Crippen LogP contribution is 2.28. The Balaban J connectivity index is 1.42. The van der Waals surface area contributed by atoms with Crippen molar-refractivity contribution < 1.29 is 9.84 Å². The van der Waals surface area contributed by atoms with E-state index in [9.17, 15) is 5.11 Å². The average Bonchev–Trinajstić information content (AvgIpc) is 2.76. The van der Waals surface area contributed by atoms with E-state index in [0.717, 1.165) is 61.9 Å². The second-order valence-corrected chi connectivity index (χ2v) is 8.62. The summed E-state index contributed by atoms with van der Waals surface area (Å²) in [6.45, 7) is 5.89. The first-order chi connectivity index (χ1) is 14.1. The third kappa shape index (κ3) is 4.92. The minimum Gasteiger partial charge on any atom is -0.392 e. The molecule has 0 unspecified atom stereocenters. The maximum Gasteiger partial charge on any atom is 0.134 e. The average molecular weight is 416 g/mol. The summed E-state index contributed by atoms with van der Waals surface area (Å²) in [4.78, 5) is 9.51. The van der Waals surface area contributed by atoms with Crippen molar-refractivity contribution in [2.75, 3.05) is 31.1 Å². The van der Waals surface area contributed by atoms with Crippen LogP contribution in [-0.2, 0) is 17.8 Å². The van der Waals surface area contributed by atoms with Gasteiger partial charge in [0, 0.05) is 48.5 Å². The Morgan fingerprint density at radius 3 is 2.66 bits per heavy atom. The summed E-state index contributed by atoms with van der Waals surface area (Å²) in [5.41, 5.74) is 2.22. The maximum absolute atomic E-state index is 9.63. The lowest BCUT2D eigenvalue weighted by Crippen LogP contribution is -2.56. The number of ether oxygens (including phenoxy) is 1. The Labute approximate surface area is 178 Å². The normalized spacial score (nSPS) is 24.0. The van der Waals surface area contributed by atoms with Crippen molar-refractivity contribution in [3.05, 3.63) is 58.7 Å². The van der Waals surface area contributed by atoms with E-state index in [-0.39, 0.29) is 12.7 Å². The van der Waals surface area contributed by atoms with Crippen LogP contribution in [0.1, 0.15) is 30.9 Å². The highest BCUT2D eigenvalue weighted by atomic mass is 35.5. The van der Waals surface area contributed by atoms with Crippen LogP contribution in [0.3, 0.4) is 0 Å². The monoisotopic (exact) mass is 415 g/mol. The van der Waals surface area contributed by atoms with Crippen LogP contribution in [0.15, 0.2) is 42.6 Å². The number of rotatable bonds is 5. The summed E-state index contributed by atoms with van der Waals surface area (Å²) in [7, 11) is 0. The zero-order chi connectivity index (χ0) is 20.2. The molecule has 156 valence electrons. The molecule has 2 atom stereocenters. The summed E-state index contributed by atoms with van der Waals surface area (Å²) >= 11 is 6.05. The number of aromatic nitrogens is 1. The third-order valence-electron chi connectivity index (χ3n) is 6.17. The van der Waals surface area contributed by atoms with E-state index in [4.69, 9.17) is 16.3 Å². The molecule has 0 bridgehead atoms. The molecule has 2 aliphatic heterocycles. The second-order valence-electron chi connectivity index (χ2n) is 8.19. The van der Waals surface area contributed by atoms with Crippen molar-refractivity contribution in [1.82, 2.24) is 9.88 Å². The van der Waals surface area contributed by atoms with Crippen molar-refractivity contribution in [3.8, 4) is 0 Å². The summed E-state index contributed by atoms with van der Waals surface area (Å²) in [6.07, 6.45) is 5.27. The van der Waals surface area contributed by atoms with E-state index in [1.54, 1.807) is 0 Å². The van der Waals surface area contributed by atoms with E-state index < -0.39 is 0 Å². The highest BCUT2D eigenvalue weighted by Gasteiger charge is 2.34. The van der Waals surface area contributed by atoms with Gasteiger partial charge in [-0.2, -0.15) is 0 Å². The fourth-order valence-electron chi connectivity index (χ4n) is 4.63. The number of hydrogen-bond donors (Lipinski definition) is 1. The molecular weight excluding hydrogens is 386 g/mol. The first-order valence-electron chi connectivity index (χ1n) is 10.6. The van der Waals surface area contributed by atoms with Gasteiger partial charge >= 0.3 is 0 Å². The Hall–Kier alpha value is -1.66. The van der Waals surface area contributed by atoms with Crippen molar-refractivity contribution in [2.45, 2.75) is 51.0 Å². The van der Waals surface area contributed by atoms with Crippen LogP contribution in [0.25, 0.3) is 0 Å². The summed E-state index contributed by atoms with van der Waals surface area (Å²) in [5, 5.41) is 10.4. The number of aliphatic hydroxyl groups excluding tert-OH is 1. The van der Waals surface area contributed by atoms with Crippen molar-refractivity contribution >= 4 is 17.4 Å². The molecule has 0 spiro atoms. The number of nitrogens with zero attached hydrogens (tertiary/aromatic N) is 3. The fourth-order valence-corrected chi connectivity index (χ4v) is 4.76. The van der Waals surface area contributed by atoms with E-state index in [0.29, 0.717) is 12.1 Å². The fraction of sp³-hybridized carbons (Fsp3) is 0.522. The molecule has 2 saturated heterocycles. The molecule has 2 aromatic rings. The lowest BCUT2D eigenvalue weighted by Gasteiger charge is -2.46. The smallest absolute Gasteiger partial charge is 0.134 e. The number of piperidine rings is 1. The Kier molecular flexibility index (Phi) is 6.70. The van der Waals surface area contributed by atoms with E-state index in [2.05, 4.69) is 33.8 Å². The molecule has 1 aromatic heterocycles. The minimum atomic E-state index is 0.0350. The molecule has 1 N–H and O–H groups in total. The first kappa shape index (κ1) is 20.6. The maximum atomic E-state index is 9.63. The van der Waals surface area contributed by atoms with E-state index in [1.807, 2.05) is 30.5 Å². The third-order valence-corrected chi connectivity index (χ3v) is 6.42. The number of hydrogen-bond acceptors (Lipinski definition) is 5. The number of benzene rings is 1. The van der Waals surface area contributed by atoms with Crippen LogP contribution in [0, 0.1) is 0 Å². The molecule has 6 heteroatoms. The minimum absolute atomic E-state index is 0.0350. The predicted octanol–water partition coefficient (Wildman–Crippen LogP) is 3.53. The van der Waals surface area contributed by atoms with Gasteiger partial charge in [0.15, 0.2) is 0 Å². The molecular formula is C23H30ClN3O2. The van der Waals surface area contributed by atoms with Crippen LogP contribution in [0.5, 0.6) is 0 Å². The molecule has 2 fully saturated rings. The number of halogens is 1. The lowest BCUT2D eigenvalue weighted by molar-refractivity contribution is -0.0745. The zero-order valence-electron chi connectivity index (χ0n) is 17.0. The molecule has 2 aliphatic rings. The Bertz CT molecular complexity index is 793. The molecule has 0 radical (unpaired) electrons. The molecule has 4 rings (SSSR count). The van der Waals surface area contributed by atoms with E-state index in [1.165, 1.54) is 5.56 Å². The number of aliphatic hydroxyl groups is 1. The number of morpholine rings is 1. The van der Waals surface area contributed by atoms with Gasteiger partial charge in [-0.3, -0.25) is 4.90 Å². The van der Waals surface area contributed by atoms with Gasteiger partial charge in [-0.1, -0.05) is 29.8 Å².